The van der Waals surface area contributed by atoms with Gasteiger partial charge in [-0.1, -0.05) is 12.1 Å². The summed E-state index contributed by atoms with van der Waals surface area (Å²) in [5.41, 5.74) is 5.33. The zero-order chi connectivity index (χ0) is 14.8. The molecule has 0 bridgehead atoms. The van der Waals surface area contributed by atoms with E-state index in [-0.39, 0.29) is 11.0 Å². The zero-order valence-corrected chi connectivity index (χ0v) is 13.2. The van der Waals surface area contributed by atoms with Gasteiger partial charge in [0.1, 0.15) is 18.4 Å². The molecule has 0 radical (unpaired) electrons. The molecule has 4 rings (SSSR count). The van der Waals surface area contributed by atoms with Crippen LogP contribution in [0.15, 0.2) is 36.5 Å². The Morgan fingerprint density at radius 3 is 2.52 bits per heavy atom. The predicted molar refractivity (Wildman–Crippen MR) is 83.4 cm³/mol. The molecule has 1 spiro atoms. The Hall–Kier alpha value is -1.83. The van der Waals surface area contributed by atoms with Crippen molar-refractivity contribution in [3.05, 3.63) is 47.7 Å². The second-order valence-electron chi connectivity index (χ2n) is 7.03. The Morgan fingerprint density at radius 1 is 1.10 bits per heavy atom. The molecule has 21 heavy (non-hydrogen) atoms. The lowest BCUT2D eigenvalue weighted by molar-refractivity contribution is -0.660. The summed E-state index contributed by atoms with van der Waals surface area (Å²) in [5, 5.41) is 0. The quantitative estimate of drug-likeness (QED) is 0.726. The number of rotatable bonds is 1. The first kappa shape index (κ1) is 12.9. The Bertz CT molecular complexity index is 741. The van der Waals surface area contributed by atoms with Crippen molar-refractivity contribution < 1.29 is 9.30 Å². The molecule has 2 aliphatic rings. The van der Waals surface area contributed by atoms with Gasteiger partial charge in [0.2, 0.25) is 5.69 Å². The van der Waals surface area contributed by atoms with E-state index in [2.05, 4.69) is 68.9 Å². The van der Waals surface area contributed by atoms with Crippen molar-refractivity contribution in [1.82, 2.24) is 0 Å². The van der Waals surface area contributed by atoms with E-state index >= 15 is 0 Å². The van der Waals surface area contributed by atoms with Crippen LogP contribution >= 0.6 is 0 Å². The summed E-state index contributed by atoms with van der Waals surface area (Å²) in [5.74, 6) is 1.11. The van der Waals surface area contributed by atoms with Crippen LogP contribution in [-0.2, 0) is 12.5 Å². The highest BCUT2D eigenvalue weighted by Gasteiger charge is 2.63. The third kappa shape index (κ3) is 1.56. The SMILES string of the molecule is Cc1ccc2c(c1-c1cccc[n+]1C)OC(C)(C)C21CC1. The molecular weight excluding hydrogens is 258 g/mol. The molecule has 108 valence electrons. The molecule has 1 saturated carbocycles. The molecule has 2 heterocycles. The molecule has 2 nitrogen and oxygen atoms in total. The van der Waals surface area contributed by atoms with Gasteiger partial charge in [-0.3, -0.25) is 0 Å². The van der Waals surface area contributed by atoms with Crippen molar-refractivity contribution in [1.29, 1.82) is 0 Å². The van der Waals surface area contributed by atoms with Gasteiger partial charge < -0.3 is 4.74 Å². The molecule has 2 aromatic rings. The molecule has 1 aliphatic heterocycles. The molecule has 0 atom stereocenters. The first-order valence-corrected chi connectivity index (χ1v) is 7.74. The van der Waals surface area contributed by atoms with Crippen LogP contribution in [-0.4, -0.2) is 5.60 Å². The van der Waals surface area contributed by atoms with Gasteiger partial charge in [0.15, 0.2) is 6.20 Å². The maximum Gasteiger partial charge on any atom is 0.216 e. The van der Waals surface area contributed by atoms with Crippen molar-refractivity contribution in [2.75, 3.05) is 0 Å². The Balaban J connectivity index is 2.00. The average Bonchev–Trinajstić information content (AvgIpc) is 3.18. The van der Waals surface area contributed by atoms with E-state index in [1.807, 2.05) is 0 Å². The number of fused-ring (bicyclic) bond motifs is 2. The fourth-order valence-electron chi connectivity index (χ4n) is 3.94. The second kappa shape index (κ2) is 3.88. The van der Waals surface area contributed by atoms with E-state index in [0.29, 0.717) is 0 Å². The van der Waals surface area contributed by atoms with Crippen LogP contribution in [0.5, 0.6) is 5.75 Å². The maximum absolute atomic E-state index is 6.48. The lowest BCUT2D eigenvalue weighted by Crippen LogP contribution is -2.36. The number of aryl methyl sites for hydroxylation is 2. The fraction of sp³-hybridized carbons (Fsp3) is 0.421. The summed E-state index contributed by atoms with van der Waals surface area (Å²) >= 11 is 0. The van der Waals surface area contributed by atoms with Crippen LogP contribution < -0.4 is 9.30 Å². The van der Waals surface area contributed by atoms with Gasteiger partial charge in [-0.05, 0) is 45.2 Å². The molecule has 1 aromatic heterocycles. The van der Waals surface area contributed by atoms with Crippen LogP contribution in [0.4, 0.5) is 0 Å². The van der Waals surface area contributed by atoms with Crippen molar-refractivity contribution in [2.45, 2.75) is 44.6 Å². The van der Waals surface area contributed by atoms with Crippen LogP contribution in [0.2, 0.25) is 0 Å². The number of nitrogens with zero attached hydrogens (tertiary/aromatic N) is 1. The standard InChI is InChI=1S/C19H22NO/c1-13-8-9-14-17(21-18(2,3)19(14)10-11-19)16(13)15-7-5-6-12-20(15)4/h5-9,12H,10-11H2,1-4H3/q+1. The van der Waals surface area contributed by atoms with Gasteiger partial charge in [0.25, 0.3) is 0 Å². The van der Waals surface area contributed by atoms with E-state index in [1.54, 1.807) is 0 Å². The van der Waals surface area contributed by atoms with Crippen LogP contribution in [0.1, 0.15) is 37.8 Å². The first-order chi connectivity index (χ1) is 9.96. The number of hydrogen-bond acceptors (Lipinski definition) is 1. The smallest absolute Gasteiger partial charge is 0.216 e. The van der Waals surface area contributed by atoms with Crippen LogP contribution in [0.3, 0.4) is 0 Å². The van der Waals surface area contributed by atoms with Gasteiger partial charge >= 0.3 is 0 Å². The predicted octanol–water partition coefficient (Wildman–Crippen LogP) is 3.69. The van der Waals surface area contributed by atoms with Crippen molar-refractivity contribution in [2.24, 2.45) is 7.05 Å². The molecule has 1 aliphatic carbocycles. The summed E-state index contributed by atoms with van der Waals surface area (Å²) in [6, 6.07) is 10.9. The molecule has 0 amide bonds. The third-order valence-corrected chi connectivity index (χ3v) is 5.45. The highest BCUT2D eigenvalue weighted by Crippen LogP contribution is 2.65. The summed E-state index contributed by atoms with van der Waals surface area (Å²) in [4.78, 5) is 0. The van der Waals surface area contributed by atoms with Gasteiger partial charge in [0.05, 0.1) is 5.56 Å². The minimum Gasteiger partial charge on any atom is -0.486 e. The number of hydrogen-bond donors (Lipinski definition) is 0. The first-order valence-electron chi connectivity index (χ1n) is 7.74. The van der Waals surface area contributed by atoms with E-state index in [1.165, 1.54) is 35.2 Å². The Morgan fingerprint density at radius 2 is 1.86 bits per heavy atom. The molecule has 1 aromatic carbocycles. The van der Waals surface area contributed by atoms with Crippen LogP contribution in [0.25, 0.3) is 11.3 Å². The fourth-order valence-corrected chi connectivity index (χ4v) is 3.94. The lowest BCUT2D eigenvalue weighted by Gasteiger charge is -2.26. The van der Waals surface area contributed by atoms with Crippen LogP contribution in [0, 0.1) is 6.92 Å². The monoisotopic (exact) mass is 280 g/mol. The highest BCUT2D eigenvalue weighted by atomic mass is 16.5. The average molecular weight is 280 g/mol. The van der Waals surface area contributed by atoms with Gasteiger partial charge in [-0.15, -0.1) is 0 Å². The zero-order valence-electron chi connectivity index (χ0n) is 13.2. The molecule has 1 fully saturated rings. The normalized spacial score (nSPS) is 20.2. The minimum atomic E-state index is -0.0920. The second-order valence-corrected chi connectivity index (χ2v) is 7.03. The number of aromatic nitrogens is 1. The number of pyridine rings is 1. The van der Waals surface area contributed by atoms with E-state index in [0.717, 1.165) is 5.75 Å². The summed E-state index contributed by atoms with van der Waals surface area (Å²) < 4.78 is 8.66. The molecule has 0 unspecified atom stereocenters. The minimum absolute atomic E-state index is 0.0920. The largest absolute Gasteiger partial charge is 0.486 e. The molecule has 0 N–H and O–H groups in total. The topological polar surface area (TPSA) is 13.1 Å². The third-order valence-electron chi connectivity index (χ3n) is 5.45. The Labute approximate surface area is 126 Å². The number of benzene rings is 1. The van der Waals surface area contributed by atoms with E-state index < -0.39 is 0 Å². The van der Waals surface area contributed by atoms with Crippen molar-refractivity contribution in [3.63, 3.8) is 0 Å². The molecule has 0 saturated heterocycles. The Kier molecular flexibility index (Phi) is 2.38. The molecular formula is C19H22NO+. The number of ether oxygens (including phenoxy) is 1. The van der Waals surface area contributed by atoms with Gasteiger partial charge in [-0.2, -0.15) is 0 Å². The van der Waals surface area contributed by atoms with Gasteiger partial charge in [0, 0.05) is 23.1 Å². The van der Waals surface area contributed by atoms with E-state index in [4.69, 9.17) is 4.74 Å². The maximum atomic E-state index is 6.48. The van der Waals surface area contributed by atoms with Gasteiger partial charge in [-0.25, -0.2) is 4.57 Å². The van der Waals surface area contributed by atoms with E-state index in [9.17, 15) is 0 Å². The van der Waals surface area contributed by atoms with Crippen molar-refractivity contribution in [3.8, 4) is 17.0 Å². The molecule has 2 heteroatoms. The summed E-state index contributed by atoms with van der Waals surface area (Å²) in [7, 11) is 2.10. The van der Waals surface area contributed by atoms with Crippen molar-refractivity contribution >= 4 is 0 Å². The summed E-state index contributed by atoms with van der Waals surface area (Å²) in [6.07, 6.45) is 4.59. The lowest BCUT2D eigenvalue weighted by atomic mass is 9.82. The highest BCUT2D eigenvalue weighted by molar-refractivity contribution is 5.74. The summed E-state index contributed by atoms with van der Waals surface area (Å²) in [6.45, 7) is 6.66.